The van der Waals surface area contributed by atoms with E-state index in [1.54, 1.807) is 6.21 Å². The van der Waals surface area contributed by atoms with E-state index in [-0.39, 0.29) is 11.5 Å². The molecule has 0 radical (unpaired) electrons. The maximum absolute atomic E-state index is 11.0. The highest BCUT2D eigenvalue weighted by Crippen LogP contribution is 2.12. The van der Waals surface area contributed by atoms with E-state index in [0.717, 1.165) is 30.5 Å². The third-order valence-electron chi connectivity index (χ3n) is 3.11. The lowest BCUT2D eigenvalue weighted by molar-refractivity contribution is 0.305. The summed E-state index contributed by atoms with van der Waals surface area (Å²) >= 11 is 0. The molecule has 0 aliphatic carbocycles. The second-order valence-corrected chi connectivity index (χ2v) is 5.03. The summed E-state index contributed by atoms with van der Waals surface area (Å²) in [6, 6.07) is 7.63. The summed E-state index contributed by atoms with van der Waals surface area (Å²) in [5.41, 5.74) is 3.18. The van der Waals surface area contributed by atoms with Crippen LogP contribution >= 0.6 is 0 Å². The quantitative estimate of drug-likeness (QED) is 0.421. The Morgan fingerprint density at radius 3 is 2.83 bits per heavy atom. The zero-order valence-electron chi connectivity index (χ0n) is 13.2. The summed E-state index contributed by atoms with van der Waals surface area (Å²) in [5, 5.41) is 11.2. The molecule has 7 nitrogen and oxygen atoms in total. The van der Waals surface area contributed by atoms with Gasteiger partial charge in [0.25, 0.3) is 5.56 Å². The highest BCUT2D eigenvalue weighted by atomic mass is 16.5. The second kappa shape index (κ2) is 9.34. The van der Waals surface area contributed by atoms with E-state index in [4.69, 9.17) is 4.74 Å². The Morgan fingerprint density at radius 1 is 1.26 bits per heavy atom. The van der Waals surface area contributed by atoms with E-state index in [2.05, 4.69) is 32.6 Å². The molecule has 0 atom stereocenters. The monoisotopic (exact) mass is 315 g/mol. The fraction of sp³-hybridized carbons (Fsp3) is 0.375. The molecule has 2 N–H and O–H groups in total. The molecule has 1 heterocycles. The normalized spacial score (nSPS) is 10.8. The Labute approximate surface area is 134 Å². The number of aromatic nitrogens is 3. The molecule has 2 aromatic rings. The summed E-state index contributed by atoms with van der Waals surface area (Å²) in [6.45, 7) is 2.94. The summed E-state index contributed by atoms with van der Waals surface area (Å²) < 4.78 is 5.68. The molecule has 1 aromatic carbocycles. The van der Waals surface area contributed by atoms with Crippen LogP contribution in [0.5, 0.6) is 5.75 Å². The van der Waals surface area contributed by atoms with Crippen LogP contribution in [-0.4, -0.2) is 28.0 Å². The molecule has 0 saturated heterocycles. The maximum Gasteiger partial charge on any atom is 0.271 e. The van der Waals surface area contributed by atoms with Crippen molar-refractivity contribution in [3.05, 3.63) is 46.4 Å². The van der Waals surface area contributed by atoms with Gasteiger partial charge >= 0.3 is 0 Å². The molecule has 0 aliphatic rings. The molecule has 0 saturated carbocycles. The van der Waals surface area contributed by atoms with Crippen molar-refractivity contribution in [2.45, 2.75) is 32.6 Å². The SMILES string of the molecule is CCCCCCOc1ccc(/C=N/Nc2nncc(=O)[nH]2)cc1. The minimum atomic E-state index is -0.335. The minimum absolute atomic E-state index is 0.195. The van der Waals surface area contributed by atoms with Gasteiger partial charge < -0.3 is 4.74 Å². The lowest BCUT2D eigenvalue weighted by Crippen LogP contribution is -2.10. The van der Waals surface area contributed by atoms with Crippen LogP contribution in [-0.2, 0) is 0 Å². The Balaban J connectivity index is 1.78. The average Bonchev–Trinajstić information content (AvgIpc) is 2.56. The fourth-order valence-corrected chi connectivity index (χ4v) is 1.90. The van der Waals surface area contributed by atoms with Crippen LogP contribution < -0.4 is 15.7 Å². The van der Waals surface area contributed by atoms with E-state index in [0.29, 0.717) is 0 Å². The van der Waals surface area contributed by atoms with Crippen LogP contribution in [0.2, 0.25) is 0 Å². The van der Waals surface area contributed by atoms with E-state index in [9.17, 15) is 4.79 Å². The summed E-state index contributed by atoms with van der Waals surface area (Å²) in [5.74, 6) is 1.05. The van der Waals surface area contributed by atoms with Gasteiger partial charge in [0, 0.05) is 0 Å². The standard InChI is InChI=1S/C16H21N5O2/c1-2-3-4-5-10-23-14-8-6-13(7-9-14)11-17-20-16-19-15(22)12-18-21-16/h6-9,11-12H,2-5,10H2,1H3,(H2,19,20,21,22)/b17-11+. The molecule has 0 aliphatic heterocycles. The third-order valence-corrected chi connectivity index (χ3v) is 3.11. The van der Waals surface area contributed by atoms with Crippen LogP contribution in [0.1, 0.15) is 38.2 Å². The van der Waals surface area contributed by atoms with Crippen molar-refractivity contribution < 1.29 is 4.74 Å². The zero-order valence-corrected chi connectivity index (χ0v) is 13.2. The number of H-pyrrole nitrogens is 1. The highest BCUT2D eigenvalue weighted by molar-refractivity contribution is 5.80. The van der Waals surface area contributed by atoms with Crippen LogP contribution in [0.3, 0.4) is 0 Å². The van der Waals surface area contributed by atoms with E-state index in [1.807, 2.05) is 24.3 Å². The highest BCUT2D eigenvalue weighted by Gasteiger charge is 1.95. The number of benzene rings is 1. The summed E-state index contributed by atoms with van der Waals surface area (Å²) in [7, 11) is 0. The number of hydrogen-bond donors (Lipinski definition) is 2. The van der Waals surface area contributed by atoms with Gasteiger partial charge in [-0.05, 0) is 36.2 Å². The van der Waals surface area contributed by atoms with Crippen LogP contribution in [0.15, 0.2) is 40.4 Å². The van der Waals surface area contributed by atoms with Gasteiger partial charge in [-0.15, -0.1) is 10.2 Å². The molecular formula is C16H21N5O2. The molecule has 122 valence electrons. The number of aromatic amines is 1. The zero-order chi connectivity index (χ0) is 16.3. The Hall–Kier alpha value is -2.70. The first-order valence-electron chi connectivity index (χ1n) is 7.72. The molecule has 2 rings (SSSR count). The van der Waals surface area contributed by atoms with E-state index < -0.39 is 0 Å². The van der Waals surface area contributed by atoms with Crippen molar-refractivity contribution in [1.29, 1.82) is 0 Å². The number of ether oxygens (including phenoxy) is 1. The average molecular weight is 315 g/mol. The van der Waals surface area contributed by atoms with E-state index >= 15 is 0 Å². The number of hydrazone groups is 1. The van der Waals surface area contributed by atoms with Crippen molar-refractivity contribution >= 4 is 12.2 Å². The Bertz CT molecular complexity index is 667. The topological polar surface area (TPSA) is 92.3 Å². The first kappa shape index (κ1) is 16.7. The van der Waals surface area contributed by atoms with Gasteiger partial charge in [0.1, 0.15) is 11.9 Å². The van der Waals surface area contributed by atoms with Crippen molar-refractivity contribution in [3.8, 4) is 5.75 Å². The van der Waals surface area contributed by atoms with Crippen molar-refractivity contribution in [2.24, 2.45) is 5.10 Å². The van der Waals surface area contributed by atoms with E-state index in [1.165, 1.54) is 19.3 Å². The van der Waals surface area contributed by atoms with Crippen molar-refractivity contribution in [3.63, 3.8) is 0 Å². The van der Waals surface area contributed by atoms with Gasteiger partial charge in [-0.3, -0.25) is 9.78 Å². The number of hydrogen-bond acceptors (Lipinski definition) is 6. The minimum Gasteiger partial charge on any atom is -0.494 e. The molecule has 23 heavy (non-hydrogen) atoms. The van der Waals surface area contributed by atoms with Gasteiger partial charge in [-0.2, -0.15) is 5.10 Å². The Kier molecular flexibility index (Phi) is 6.77. The van der Waals surface area contributed by atoms with Crippen molar-refractivity contribution in [1.82, 2.24) is 15.2 Å². The van der Waals surface area contributed by atoms with Crippen LogP contribution in [0.25, 0.3) is 0 Å². The number of rotatable bonds is 9. The predicted octanol–water partition coefficient (Wildman–Crippen LogP) is 2.57. The lowest BCUT2D eigenvalue weighted by atomic mass is 10.2. The molecule has 1 aromatic heterocycles. The molecule has 0 spiro atoms. The third kappa shape index (κ3) is 6.29. The van der Waals surface area contributed by atoms with Crippen LogP contribution in [0.4, 0.5) is 5.95 Å². The lowest BCUT2D eigenvalue weighted by Gasteiger charge is -2.05. The van der Waals surface area contributed by atoms with Gasteiger partial charge in [0.2, 0.25) is 5.95 Å². The molecule has 0 fully saturated rings. The second-order valence-electron chi connectivity index (χ2n) is 5.03. The summed E-state index contributed by atoms with van der Waals surface area (Å²) in [6.07, 6.45) is 7.48. The number of nitrogens with one attached hydrogen (secondary N) is 2. The van der Waals surface area contributed by atoms with Crippen LogP contribution in [0, 0.1) is 0 Å². The van der Waals surface area contributed by atoms with Gasteiger partial charge in [-0.1, -0.05) is 26.2 Å². The maximum atomic E-state index is 11.0. The van der Waals surface area contributed by atoms with Gasteiger partial charge in [0.15, 0.2) is 0 Å². The Morgan fingerprint density at radius 2 is 2.09 bits per heavy atom. The number of anilines is 1. The molecule has 7 heteroatoms. The van der Waals surface area contributed by atoms with Gasteiger partial charge in [0.05, 0.1) is 12.8 Å². The number of unbranched alkanes of at least 4 members (excludes halogenated alkanes) is 3. The molecule has 0 amide bonds. The largest absolute Gasteiger partial charge is 0.494 e. The first-order valence-corrected chi connectivity index (χ1v) is 7.72. The number of nitrogens with zero attached hydrogens (tertiary/aromatic N) is 3. The van der Waals surface area contributed by atoms with Gasteiger partial charge in [-0.25, -0.2) is 5.43 Å². The molecule has 0 unspecified atom stereocenters. The molecular weight excluding hydrogens is 294 g/mol. The predicted molar refractivity (Wildman–Crippen MR) is 89.9 cm³/mol. The molecule has 0 bridgehead atoms. The summed E-state index contributed by atoms with van der Waals surface area (Å²) in [4.78, 5) is 13.5. The fourth-order valence-electron chi connectivity index (χ4n) is 1.90. The van der Waals surface area contributed by atoms with Crippen molar-refractivity contribution in [2.75, 3.05) is 12.0 Å². The first-order chi connectivity index (χ1) is 11.3. The smallest absolute Gasteiger partial charge is 0.271 e.